The van der Waals surface area contributed by atoms with Crippen LogP contribution in [0.1, 0.15) is 26.2 Å². The van der Waals surface area contributed by atoms with Gasteiger partial charge < -0.3 is 9.64 Å². The van der Waals surface area contributed by atoms with E-state index in [2.05, 4.69) is 11.8 Å². The monoisotopic (exact) mass is 157 g/mol. The van der Waals surface area contributed by atoms with Crippen LogP contribution in [0.2, 0.25) is 0 Å². The van der Waals surface area contributed by atoms with Gasteiger partial charge in [0.15, 0.2) is 0 Å². The minimum atomic E-state index is 0.955. The lowest BCUT2D eigenvalue weighted by atomic mass is 10.4. The molecule has 0 spiro atoms. The van der Waals surface area contributed by atoms with Gasteiger partial charge in [0.05, 0.1) is 0 Å². The second-order valence-electron chi connectivity index (χ2n) is 3.16. The molecule has 1 heterocycles. The molecule has 0 radical (unpaired) electrons. The van der Waals surface area contributed by atoms with E-state index < -0.39 is 0 Å². The second-order valence-corrected chi connectivity index (χ2v) is 3.16. The molecule has 2 heteroatoms. The lowest BCUT2D eigenvalue weighted by Crippen LogP contribution is -2.04. The summed E-state index contributed by atoms with van der Waals surface area (Å²) in [6, 6.07) is 0. The highest BCUT2D eigenvalue weighted by Crippen LogP contribution is 2.03. The van der Waals surface area contributed by atoms with Crippen LogP contribution >= 0.6 is 0 Å². The van der Waals surface area contributed by atoms with Crippen molar-refractivity contribution in [1.29, 1.82) is 0 Å². The minimum Gasteiger partial charge on any atom is -0.381 e. The van der Waals surface area contributed by atoms with E-state index in [0.717, 1.165) is 13.2 Å². The molecule has 0 aromatic heterocycles. The molecular weight excluding hydrogens is 138 g/mol. The Morgan fingerprint density at radius 1 is 1.18 bits per heavy atom. The van der Waals surface area contributed by atoms with Crippen molar-refractivity contribution in [3.8, 4) is 0 Å². The lowest BCUT2D eigenvalue weighted by Gasteiger charge is -2.02. The highest BCUT2D eigenvalue weighted by molar-refractivity contribution is 4.71. The van der Waals surface area contributed by atoms with E-state index in [4.69, 9.17) is 4.74 Å². The van der Waals surface area contributed by atoms with Gasteiger partial charge in [0.25, 0.3) is 0 Å². The topological polar surface area (TPSA) is 12.2 Å². The zero-order chi connectivity index (χ0) is 7.94. The van der Waals surface area contributed by atoms with E-state index in [1.54, 1.807) is 0 Å². The summed E-state index contributed by atoms with van der Waals surface area (Å²) in [7, 11) is 0. The Balaban J connectivity index is 1.66. The van der Waals surface area contributed by atoms with Gasteiger partial charge in [-0.25, -0.2) is 0 Å². The van der Waals surface area contributed by atoms with Crippen molar-refractivity contribution in [3.05, 3.63) is 0 Å². The van der Waals surface area contributed by atoms with Gasteiger partial charge in [-0.15, -0.1) is 0 Å². The Kier molecular flexibility index (Phi) is 4.55. The van der Waals surface area contributed by atoms with Crippen LogP contribution in [0.5, 0.6) is 0 Å². The van der Waals surface area contributed by atoms with Crippen molar-refractivity contribution in [2.24, 2.45) is 0 Å². The number of rotatable bonds is 7. The fraction of sp³-hybridized carbons (Fsp3) is 1.00. The summed E-state index contributed by atoms with van der Waals surface area (Å²) >= 11 is 0. The van der Waals surface area contributed by atoms with Crippen molar-refractivity contribution in [1.82, 2.24) is 4.90 Å². The van der Waals surface area contributed by atoms with E-state index in [1.807, 2.05) is 0 Å². The maximum Gasteiger partial charge on any atom is 0.0478 e. The van der Waals surface area contributed by atoms with Gasteiger partial charge in [-0.3, -0.25) is 0 Å². The van der Waals surface area contributed by atoms with E-state index >= 15 is 0 Å². The Labute approximate surface area is 69.5 Å². The Morgan fingerprint density at radius 2 is 1.91 bits per heavy atom. The normalized spacial score (nSPS) is 17.2. The van der Waals surface area contributed by atoms with Gasteiger partial charge in [0, 0.05) is 32.8 Å². The molecule has 1 rings (SSSR count). The molecule has 0 unspecified atom stereocenters. The second kappa shape index (κ2) is 5.56. The van der Waals surface area contributed by atoms with Crippen LogP contribution in [0.15, 0.2) is 0 Å². The van der Waals surface area contributed by atoms with Crippen LogP contribution in [0.25, 0.3) is 0 Å². The van der Waals surface area contributed by atoms with Crippen LogP contribution < -0.4 is 0 Å². The molecule has 0 aromatic rings. The fourth-order valence-corrected chi connectivity index (χ4v) is 1.03. The van der Waals surface area contributed by atoms with E-state index in [9.17, 15) is 0 Å². The molecule has 66 valence electrons. The van der Waals surface area contributed by atoms with Gasteiger partial charge >= 0.3 is 0 Å². The quantitative estimate of drug-likeness (QED) is 0.410. The van der Waals surface area contributed by atoms with Crippen LogP contribution in [-0.4, -0.2) is 37.7 Å². The first kappa shape index (κ1) is 9.01. The molecule has 0 aliphatic carbocycles. The third-order valence-corrected chi connectivity index (χ3v) is 1.95. The molecular formula is C9H19NO. The molecule has 0 atom stereocenters. The van der Waals surface area contributed by atoms with Gasteiger partial charge in [-0.1, -0.05) is 13.3 Å². The smallest absolute Gasteiger partial charge is 0.0478 e. The Bertz CT molecular complexity index is 91.6. The number of hydrogen-bond donors (Lipinski definition) is 0. The highest BCUT2D eigenvalue weighted by atomic mass is 16.5. The number of unbranched alkanes of at least 4 members (excludes halogenated alkanes) is 1. The molecule has 2 nitrogen and oxygen atoms in total. The fourth-order valence-electron chi connectivity index (χ4n) is 1.03. The summed E-state index contributed by atoms with van der Waals surface area (Å²) in [5, 5.41) is 0. The molecule has 0 saturated carbocycles. The molecule has 1 fully saturated rings. The van der Waals surface area contributed by atoms with E-state index in [-0.39, 0.29) is 0 Å². The molecule has 0 bridgehead atoms. The predicted molar refractivity (Wildman–Crippen MR) is 46.8 cm³/mol. The molecule has 0 aromatic carbocycles. The molecule has 11 heavy (non-hydrogen) atoms. The maximum atomic E-state index is 5.43. The molecule has 0 N–H and O–H groups in total. The van der Waals surface area contributed by atoms with Crippen molar-refractivity contribution in [2.45, 2.75) is 26.2 Å². The molecule has 1 aliphatic rings. The zero-order valence-corrected chi connectivity index (χ0v) is 7.51. The van der Waals surface area contributed by atoms with Crippen molar-refractivity contribution in [3.63, 3.8) is 0 Å². The van der Waals surface area contributed by atoms with Crippen molar-refractivity contribution in [2.75, 3.05) is 32.8 Å². The summed E-state index contributed by atoms with van der Waals surface area (Å²) in [5.74, 6) is 0. The van der Waals surface area contributed by atoms with Crippen molar-refractivity contribution < 1.29 is 4.74 Å². The Morgan fingerprint density at radius 3 is 2.55 bits per heavy atom. The largest absolute Gasteiger partial charge is 0.381 e. The van der Waals surface area contributed by atoms with Gasteiger partial charge in [-0.05, 0) is 12.8 Å². The van der Waals surface area contributed by atoms with E-state index in [1.165, 1.54) is 38.9 Å². The average Bonchev–Trinajstić information content (AvgIpc) is 2.80. The zero-order valence-electron chi connectivity index (χ0n) is 7.51. The minimum absolute atomic E-state index is 0.955. The average molecular weight is 157 g/mol. The molecule has 0 amide bonds. The first-order chi connectivity index (χ1) is 5.43. The first-order valence-electron chi connectivity index (χ1n) is 4.73. The summed E-state index contributed by atoms with van der Waals surface area (Å²) in [6.07, 6.45) is 3.67. The standard InChI is InChI=1S/C9H19NO/c1-2-3-8-11-9-4-5-10-6-7-10/h2-9H2,1H3. The number of hydrogen-bond acceptors (Lipinski definition) is 2. The van der Waals surface area contributed by atoms with Gasteiger partial charge in [0.2, 0.25) is 0 Å². The van der Waals surface area contributed by atoms with Crippen molar-refractivity contribution >= 4 is 0 Å². The summed E-state index contributed by atoms with van der Waals surface area (Å²) < 4.78 is 5.43. The SMILES string of the molecule is CCCCOCCCN1CC1. The molecule has 1 aliphatic heterocycles. The maximum absolute atomic E-state index is 5.43. The first-order valence-corrected chi connectivity index (χ1v) is 4.73. The van der Waals surface area contributed by atoms with E-state index in [0.29, 0.717) is 0 Å². The van der Waals surface area contributed by atoms with Gasteiger partial charge in [-0.2, -0.15) is 0 Å². The third kappa shape index (κ3) is 5.22. The van der Waals surface area contributed by atoms with Crippen LogP contribution in [0, 0.1) is 0 Å². The molecule has 1 saturated heterocycles. The summed E-state index contributed by atoms with van der Waals surface area (Å²) in [4.78, 5) is 2.43. The third-order valence-electron chi connectivity index (χ3n) is 1.95. The highest BCUT2D eigenvalue weighted by Gasteiger charge is 2.15. The number of ether oxygens (including phenoxy) is 1. The summed E-state index contributed by atoms with van der Waals surface area (Å²) in [6.45, 7) is 7.97. The lowest BCUT2D eigenvalue weighted by molar-refractivity contribution is 0.126. The van der Waals surface area contributed by atoms with Gasteiger partial charge in [0.1, 0.15) is 0 Å². The van der Waals surface area contributed by atoms with Crippen LogP contribution in [0.4, 0.5) is 0 Å². The van der Waals surface area contributed by atoms with Crippen LogP contribution in [0.3, 0.4) is 0 Å². The summed E-state index contributed by atoms with van der Waals surface area (Å²) in [5.41, 5.74) is 0. The number of nitrogens with zero attached hydrogens (tertiary/aromatic N) is 1. The Hall–Kier alpha value is -0.0800. The predicted octanol–water partition coefficient (Wildman–Crippen LogP) is 1.51. The van der Waals surface area contributed by atoms with Crippen LogP contribution in [-0.2, 0) is 4.74 Å².